The first kappa shape index (κ1) is 50.2. The molecule has 422 valence electrons. The lowest BCUT2D eigenvalue weighted by atomic mass is 9.52. The summed E-state index contributed by atoms with van der Waals surface area (Å²) in [6.07, 6.45) is 4.50. The number of hydrogen-bond acceptors (Lipinski definition) is 17. The third-order valence-corrected chi connectivity index (χ3v) is 25.6. The molecule has 7 aliphatic carbocycles. The Balaban J connectivity index is 0.0000000906. The number of carbonyl (C=O) groups is 6. The van der Waals surface area contributed by atoms with Crippen molar-refractivity contribution >= 4 is 41.3 Å². The molecule has 0 aromatic heterocycles. The molecule has 11 aliphatic heterocycles. The van der Waals surface area contributed by atoms with E-state index < -0.39 is 111 Å². The number of para-hydroxylation sites is 1. The number of amides is 1. The first-order chi connectivity index (χ1) is 37.2. The largest absolute Gasteiger partial charge is 0.458 e. The summed E-state index contributed by atoms with van der Waals surface area (Å²) in [5.74, 6) is -0.679. The maximum atomic E-state index is 13.2. The number of Topliss-reactive ketones (excluding diaryl/α,β-unsaturated/α-hetero) is 1. The highest BCUT2D eigenvalue weighted by atomic mass is 16.7. The van der Waals surface area contributed by atoms with Crippen LogP contribution in [0.2, 0.25) is 0 Å². The minimum absolute atomic E-state index is 0.104. The second-order valence-corrected chi connectivity index (χ2v) is 28.7. The van der Waals surface area contributed by atoms with E-state index in [0.29, 0.717) is 60.0 Å². The van der Waals surface area contributed by atoms with Gasteiger partial charge in [-0.25, -0.2) is 9.59 Å². The van der Waals surface area contributed by atoms with Gasteiger partial charge in [-0.3, -0.25) is 24.1 Å². The molecule has 18 aliphatic rings. The van der Waals surface area contributed by atoms with Crippen LogP contribution < -0.4 is 4.90 Å². The Bertz CT molecular complexity index is 3120. The van der Waals surface area contributed by atoms with Gasteiger partial charge in [-0.15, -0.1) is 0 Å². The Kier molecular flexibility index (Phi) is 9.39. The summed E-state index contributed by atoms with van der Waals surface area (Å²) in [5, 5.41) is 33.3. The molecule has 11 heterocycles. The summed E-state index contributed by atoms with van der Waals surface area (Å²) in [4.78, 5) is 78.8. The molecule has 9 saturated heterocycles. The Morgan fingerprint density at radius 1 is 0.848 bits per heavy atom. The maximum absolute atomic E-state index is 13.2. The average Bonchev–Trinajstić information content (AvgIpc) is 1.54. The number of nitrogens with zero attached hydrogens (tertiary/aromatic N) is 2. The van der Waals surface area contributed by atoms with E-state index in [-0.39, 0.29) is 42.3 Å². The number of ketones is 1. The van der Waals surface area contributed by atoms with E-state index >= 15 is 0 Å². The molecule has 1 aromatic rings. The van der Waals surface area contributed by atoms with Gasteiger partial charge < -0.3 is 53.4 Å². The van der Waals surface area contributed by atoms with Crippen LogP contribution in [0.3, 0.4) is 0 Å². The quantitative estimate of drug-likeness (QED) is 0.170. The molecule has 1 amide bonds. The molecule has 18 heteroatoms. The molecule has 1 aromatic carbocycles. The van der Waals surface area contributed by atoms with Crippen LogP contribution in [0.25, 0.3) is 0 Å². The van der Waals surface area contributed by atoms with E-state index in [1.54, 1.807) is 33.3 Å². The summed E-state index contributed by atoms with van der Waals surface area (Å²) >= 11 is 0. The molecular formula is C61H72N2O16. The summed E-state index contributed by atoms with van der Waals surface area (Å²) in [7, 11) is 0. The van der Waals surface area contributed by atoms with Crippen LogP contribution in [0.5, 0.6) is 0 Å². The maximum Gasteiger partial charge on any atom is 0.342 e. The molecule has 3 N–H and O–H groups in total. The average molecular weight is 1090 g/mol. The van der Waals surface area contributed by atoms with Gasteiger partial charge in [0, 0.05) is 66.6 Å². The van der Waals surface area contributed by atoms with Gasteiger partial charge in [0.25, 0.3) is 0 Å². The lowest BCUT2D eigenvalue weighted by Crippen LogP contribution is -2.69. The Hall–Kier alpha value is -4.56. The summed E-state index contributed by atoms with van der Waals surface area (Å²) < 4.78 is 39.4. The zero-order valence-corrected chi connectivity index (χ0v) is 46.1. The molecular weight excluding hydrogens is 1020 g/mol. The van der Waals surface area contributed by atoms with Crippen LogP contribution in [-0.4, -0.2) is 158 Å². The topological polar surface area (TPSA) is 241 Å². The molecule has 0 radical (unpaired) electrons. The van der Waals surface area contributed by atoms with Crippen molar-refractivity contribution in [3.05, 3.63) is 53.6 Å². The standard InChI is InChI=1S/C21H22N2O2.C15H18O7.C15H16O6.C10H16O/c24-18-10-16-19-13-9-17-21(6-7-22(17)11-12(13)5-8-25-16)14-3-1-2-4-15(14)23(18)20(19)21;1-12(2,18)6-7-10(16)20-8(6)9-13(3)14(7,19)4-5-15(13,22-5)11(17)21-9;1-5(2)7-8-11(16)19-9(7)10-13(3)14(8,18)4-6-15(13,21-6)12(17)20-10;1-6(2)10-4-8(10)7(3)9(11)5-10/h1-5,13,16-17,19-20H,6-11H2;5-9,18-19H,4H2,1-3H3;6-10,18H,1,4H2,2-3H3;6-8H,4-5H2,1-3H3/t13-,16-,17-,19-,20-,21+;5-,6+,7-,8-,9-,13-,14-,15+;6-,7+,8-,9-,10-,13-,14-,15+;7-,8-,10+/m0111/s1. The smallest absolute Gasteiger partial charge is 0.342 e. The van der Waals surface area contributed by atoms with Gasteiger partial charge in [0.1, 0.15) is 30.2 Å². The third kappa shape index (κ3) is 5.28. The zero-order chi connectivity index (χ0) is 55.4. The first-order valence-corrected chi connectivity index (χ1v) is 29.2. The number of rotatable bonds is 3. The van der Waals surface area contributed by atoms with Gasteiger partial charge in [0.2, 0.25) is 17.1 Å². The van der Waals surface area contributed by atoms with Crippen molar-refractivity contribution in [1.82, 2.24) is 4.90 Å². The number of esters is 4. The van der Waals surface area contributed by atoms with Crippen LogP contribution in [-0.2, 0) is 67.3 Å². The lowest BCUT2D eigenvalue weighted by Gasteiger charge is -2.58. The number of anilines is 1. The van der Waals surface area contributed by atoms with E-state index in [1.807, 2.05) is 6.92 Å². The Morgan fingerprint density at radius 3 is 2.08 bits per heavy atom. The first-order valence-electron chi connectivity index (χ1n) is 29.2. The van der Waals surface area contributed by atoms with E-state index in [9.17, 15) is 44.1 Å². The molecule has 7 saturated carbocycles. The minimum atomic E-state index is -1.47. The van der Waals surface area contributed by atoms with Gasteiger partial charge >= 0.3 is 23.9 Å². The lowest BCUT2D eigenvalue weighted by molar-refractivity contribution is -0.223. The van der Waals surface area contributed by atoms with Crippen molar-refractivity contribution in [2.75, 3.05) is 24.6 Å². The number of ether oxygens (including phenoxy) is 7. The van der Waals surface area contributed by atoms with E-state index in [0.717, 1.165) is 24.5 Å². The number of aliphatic hydroxyl groups is 3. The summed E-state index contributed by atoms with van der Waals surface area (Å²) in [6.45, 7) is 22.1. The van der Waals surface area contributed by atoms with Crippen LogP contribution in [0.15, 0.2) is 48.1 Å². The molecule has 16 fully saturated rings. The monoisotopic (exact) mass is 1090 g/mol. The zero-order valence-electron chi connectivity index (χ0n) is 46.1. The Labute approximate surface area is 458 Å². The normalized spacial score (nSPS) is 54.6. The molecule has 19 rings (SSSR count). The number of epoxide rings is 2. The molecule has 6 bridgehead atoms. The highest BCUT2D eigenvalue weighted by Gasteiger charge is 2.97. The molecule has 79 heavy (non-hydrogen) atoms. The summed E-state index contributed by atoms with van der Waals surface area (Å²) in [6, 6.07) is 9.64. The van der Waals surface area contributed by atoms with Crippen molar-refractivity contribution in [2.45, 2.75) is 189 Å². The van der Waals surface area contributed by atoms with Crippen molar-refractivity contribution in [2.24, 2.45) is 69.5 Å². The minimum Gasteiger partial charge on any atom is -0.458 e. The highest BCUT2D eigenvalue weighted by molar-refractivity contribution is 5.99. The SMILES string of the molecule is C=C(C)[C@@H]1[C@H]2OC(=O)[C@@H]1[C@]1(O)C[C@H]3O[C@]34C(=O)O[C@H]2[C@]14C.CC(C)(O)[C@@H]1[C@H]2OC(=O)[C@@H]1[C@]1(O)C[C@H]3O[C@]34C(=O)O[C@H]2[C@]14C.CC(C)[C@]12CC(=O)[C@H](C)[C@H]1C2.O=C1C[C@@H]2OCC=C3CN4CC[C@]56c7ccccc7N1[C@H]5[C@H]2[C@H]3C[C@H]46. The molecule has 0 unspecified atom stereocenters. The molecule has 3 spiro atoms. The fraction of sp³-hybridized carbons (Fsp3) is 0.738. The predicted molar refractivity (Wildman–Crippen MR) is 273 cm³/mol. The van der Waals surface area contributed by atoms with Gasteiger partial charge in [0.05, 0.1) is 64.6 Å². The number of benzene rings is 1. The van der Waals surface area contributed by atoms with Gasteiger partial charge in [-0.05, 0) is 95.2 Å². The number of fused-ring (bicyclic) bond motifs is 11. The van der Waals surface area contributed by atoms with Gasteiger partial charge in [-0.2, -0.15) is 0 Å². The van der Waals surface area contributed by atoms with Crippen LogP contribution in [0.4, 0.5) is 5.69 Å². The van der Waals surface area contributed by atoms with Crippen LogP contribution in [0.1, 0.15) is 106 Å². The van der Waals surface area contributed by atoms with Crippen LogP contribution >= 0.6 is 0 Å². The molecule has 25 atom stereocenters. The summed E-state index contributed by atoms with van der Waals surface area (Å²) in [5.41, 5.74) is -2.68. The van der Waals surface area contributed by atoms with E-state index in [2.05, 4.69) is 67.5 Å². The molecule has 18 nitrogen and oxygen atoms in total. The van der Waals surface area contributed by atoms with E-state index in [4.69, 9.17) is 33.2 Å². The number of carbonyl (C=O) groups excluding carboxylic acids is 6. The van der Waals surface area contributed by atoms with Crippen LogP contribution in [0, 0.1) is 69.5 Å². The second kappa shape index (κ2) is 14.8. The fourth-order valence-electron chi connectivity index (χ4n) is 21.7. The van der Waals surface area contributed by atoms with E-state index in [1.165, 1.54) is 37.1 Å². The Morgan fingerprint density at radius 2 is 1.47 bits per heavy atom. The number of piperidine rings is 2. The highest BCUT2D eigenvalue weighted by Crippen LogP contribution is 2.79. The third-order valence-electron chi connectivity index (χ3n) is 25.6. The van der Waals surface area contributed by atoms with Crippen molar-refractivity contribution in [1.29, 1.82) is 0 Å². The van der Waals surface area contributed by atoms with Gasteiger partial charge in [0.15, 0.2) is 12.2 Å². The van der Waals surface area contributed by atoms with Crippen molar-refractivity contribution in [3.63, 3.8) is 0 Å². The number of hydrogen-bond donors (Lipinski definition) is 3. The van der Waals surface area contributed by atoms with Crippen molar-refractivity contribution < 1.29 is 77.2 Å². The fourth-order valence-corrected chi connectivity index (χ4v) is 21.7. The predicted octanol–water partition coefficient (Wildman–Crippen LogP) is 3.42. The van der Waals surface area contributed by atoms with Crippen molar-refractivity contribution in [3.8, 4) is 0 Å². The second-order valence-electron chi connectivity index (χ2n) is 28.7. The van der Waals surface area contributed by atoms with Gasteiger partial charge in [-0.1, -0.05) is 62.8 Å².